The number of benzene rings is 1. The minimum atomic E-state index is -0.943. The number of carbonyl (C=O) groups is 2. The number of hydrogen-bond acceptors (Lipinski definition) is 8. The monoisotopic (exact) mass is 460 g/mol. The smallest absolute Gasteiger partial charge is 0.329 e. The molecule has 0 saturated carbocycles. The summed E-state index contributed by atoms with van der Waals surface area (Å²) < 4.78 is 22.2. The number of ether oxygens (including phenoxy) is 4. The van der Waals surface area contributed by atoms with Crippen LogP contribution in [0.2, 0.25) is 0 Å². The van der Waals surface area contributed by atoms with E-state index in [0.717, 1.165) is 6.42 Å². The Hall–Kier alpha value is -3.33. The van der Waals surface area contributed by atoms with Gasteiger partial charge in [0, 0.05) is 18.9 Å². The average Bonchev–Trinajstić information content (AvgIpc) is 2.82. The van der Waals surface area contributed by atoms with Crippen LogP contribution >= 0.6 is 0 Å². The maximum atomic E-state index is 12.8. The second kappa shape index (κ2) is 13.3. The first kappa shape index (κ1) is 25.9. The molecule has 2 aromatic rings. The Morgan fingerprint density at radius 2 is 1.88 bits per heavy atom. The summed E-state index contributed by atoms with van der Waals surface area (Å²) in [6.45, 7) is 6.24. The molecular weight excluding hydrogens is 428 g/mol. The highest BCUT2D eigenvalue weighted by Gasteiger charge is 2.29. The van der Waals surface area contributed by atoms with Gasteiger partial charge in [0.15, 0.2) is 23.3 Å². The lowest BCUT2D eigenvalue weighted by atomic mass is 10.2. The van der Waals surface area contributed by atoms with Gasteiger partial charge in [0.2, 0.25) is 0 Å². The number of esters is 1. The van der Waals surface area contributed by atoms with Crippen LogP contribution in [0.3, 0.4) is 0 Å². The molecular formula is C24H32N2O7. The fraction of sp³-hybridized carbons (Fsp3) is 0.458. The summed E-state index contributed by atoms with van der Waals surface area (Å²) in [4.78, 5) is 29.3. The van der Waals surface area contributed by atoms with E-state index in [-0.39, 0.29) is 24.5 Å². The van der Waals surface area contributed by atoms with E-state index in [1.807, 2.05) is 37.3 Å². The molecule has 2 N–H and O–H groups in total. The number of aromatic hydroxyl groups is 1. The number of hydrogen-bond donors (Lipinski definition) is 2. The van der Waals surface area contributed by atoms with E-state index in [4.69, 9.17) is 18.9 Å². The zero-order valence-electron chi connectivity index (χ0n) is 19.4. The molecule has 33 heavy (non-hydrogen) atoms. The van der Waals surface area contributed by atoms with E-state index in [0.29, 0.717) is 12.4 Å². The van der Waals surface area contributed by atoms with Crippen molar-refractivity contribution in [2.24, 2.45) is 0 Å². The Kier molecular flexibility index (Phi) is 10.4. The van der Waals surface area contributed by atoms with Crippen LogP contribution in [0.5, 0.6) is 17.2 Å². The van der Waals surface area contributed by atoms with Crippen LogP contribution in [0.1, 0.15) is 44.1 Å². The third-order valence-corrected chi connectivity index (χ3v) is 4.81. The second-order valence-electron chi connectivity index (χ2n) is 7.33. The summed E-state index contributed by atoms with van der Waals surface area (Å²) >= 11 is 0. The molecule has 9 heteroatoms. The lowest BCUT2D eigenvalue weighted by molar-refractivity contribution is -0.157. The van der Waals surface area contributed by atoms with Gasteiger partial charge in [0.25, 0.3) is 5.91 Å². The summed E-state index contributed by atoms with van der Waals surface area (Å²) in [6.07, 6.45) is 1.26. The minimum absolute atomic E-state index is 0.104. The first-order valence-corrected chi connectivity index (χ1v) is 10.9. The van der Waals surface area contributed by atoms with E-state index in [1.54, 1.807) is 13.8 Å². The molecule has 0 aliphatic heterocycles. The van der Waals surface area contributed by atoms with Gasteiger partial charge in [-0.3, -0.25) is 4.79 Å². The number of para-hydroxylation sites is 1. The van der Waals surface area contributed by atoms with Gasteiger partial charge in [0.05, 0.1) is 13.7 Å². The summed E-state index contributed by atoms with van der Waals surface area (Å²) in [5, 5.41) is 12.7. The molecule has 1 heterocycles. The molecule has 0 fully saturated rings. The highest BCUT2D eigenvalue weighted by atomic mass is 16.6. The number of aromatic nitrogens is 1. The van der Waals surface area contributed by atoms with Gasteiger partial charge < -0.3 is 29.4 Å². The lowest BCUT2D eigenvalue weighted by Gasteiger charge is -2.27. The van der Waals surface area contributed by atoms with Crippen molar-refractivity contribution in [2.75, 3.05) is 20.3 Å². The topological polar surface area (TPSA) is 116 Å². The lowest BCUT2D eigenvalue weighted by Crippen LogP contribution is -2.45. The van der Waals surface area contributed by atoms with Crippen molar-refractivity contribution in [3.8, 4) is 17.2 Å². The number of nitrogens with one attached hydrogen (secondary N) is 1. The highest BCUT2D eigenvalue weighted by molar-refractivity contribution is 5.97. The predicted molar refractivity (Wildman–Crippen MR) is 122 cm³/mol. The molecule has 180 valence electrons. The molecule has 0 saturated heterocycles. The largest absolute Gasteiger partial charge is 0.503 e. The van der Waals surface area contributed by atoms with Crippen LogP contribution in [-0.2, 0) is 14.3 Å². The maximum absolute atomic E-state index is 12.8. The van der Waals surface area contributed by atoms with E-state index in [2.05, 4.69) is 10.3 Å². The molecule has 0 unspecified atom stereocenters. The molecule has 9 nitrogen and oxygen atoms in total. The van der Waals surface area contributed by atoms with E-state index < -0.39 is 35.9 Å². The number of carbonyl (C=O) groups excluding carboxylic acids is 2. The Bertz CT molecular complexity index is 892. The van der Waals surface area contributed by atoms with Gasteiger partial charge in [-0.2, -0.15) is 0 Å². The van der Waals surface area contributed by atoms with E-state index >= 15 is 0 Å². The Morgan fingerprint density at radius 1 is 1.15 bits per heavy atom. The fourth-order valence-electron chi connectivity index (χ4n) is 2.95. The van der Waals surface area contributed by atoms with Gasteiger partial charge in [0.1, 0.15) is 17.9 Å². The average molecular weight is 461 g/mol. The normalized spacial score (nSPS) is 13.5. The zero-order chi connectivity index (χ0) is 24.2. The molecule has 0 aliphatic rings. The van der Waals surface area contributed by atoms with Crippen molar-refractivity contribution in [3.63, 3.8) is 0 Å². The summed E-state index contributed by atoms with van der Waals surface area (Å²) in [5.74, 6) is -1.01. The summed E-state index contributed by atoms with van der Waals surface area (Å²) in [6, 6.07) is 9.67. The number of rotatable bonds is 13. The van der Waals surface area contributed by atoms with Crippen molar-refractivity contribution in [1.82, 2.24) is 10.3 Å². The maximum Gasteiger partial charge on any atom is 0.329 e. The van der Waals surface area contributed by atoms with Crippen molar-refractivity contribution in [3.05, 3.63) is 48.3 Å². The van der Waals surface area contributed by atoms with Crippen molar-refractivity contribution in [2.45, 2.75) is 51.9 Å². The number of amides is 1. The van der Waals surface area contributed by atoms with Crippen LogP contribution < -0.4 is 14.8 Å². The highest BCUT2D eigenvalue weighted by Crippen LogP contribution is 2.27. The summed E-state index contributed by atoms with van der Waals surface area (Å²) in [7, 11) is 1.36. The molecule has 0 spiro atoms. The molecule has 0 bridgehead atoms. The molecule has 1 amide bonds. The van der Waals surface area contributed by atoms with Gasteiger partial charge in [-0.25, -0.2) is 9.78 Å². The Labute approximate surface area is 194 Å². The summed E-state index contributed by atoms with van der Waals surface area (Å²) in [5.41, 5.74) is -0.244. The Morgan fingerprint density at radius 3 is 2.52 bits per heavy atom. The molecule has 0 radical (unpaired) electrons. The van der Waals surface area contributed by atoms with Gasteiger partial charge >= 0.3 is 5.97 Å². The van der Waals surface area contributed by atoms with E-state index in [9.17, 15) is 14.7 Å². The van der Waals surface area contributed by atoms with Crippen LogP contribution in [0.15, 0.2) is 42.6 Å². The first-order valence-electron chi connectivity index (χ1n) is 10.9. The second-order valence-corrected chi connectivity index (χ2v) is 7.33. The standard InChI is InChI=1S/C24H32N2O7/c1-5-14-31-15-20(33-17-10-8-7-9-11-17)16(3)32-24(29)18(6-2)26-23(28)21-22(27)19(30-4)12-13-25-21/h7-13,16,18,20,27H,5-6,14-15H2,1-4H3,(H,26,28)/t16-,18-,20+/m0/s1. The molecule has 3 atom stereocenters. The zero-order valence-corrected chi connectivity index (χ0v) is 19.4. The Balaban J connectivity index is 2.05. The molecule has 1 aromatic heterocycles. The third kappa shape index (κ3) is 7.64. The molecule has 2 rings (SSSR count). The number of methoxy groups -OCH3 is 1. The predicted octanol–water partition coefficient (Wildman–Crippen LogP) is 3.11. The van der Waals surface area contributed by atoms with E-state index in [1.165, 1.54) is 19.4 Å². The van der Waals surface area contributed by atoms with Gasteiger partial charge in [-0.05, 0) is 31.9 Å². The number of nitrogens with zero attached hydrogens (tertiary/aromatic N) is 1. The van der Waals surface area contributed by atoms with Crippen LogP contribution in [-0.4, -0.2) is 60.5 Å². The third-order valence-electron chi connectivity index (χ3n) is 4.81. The van der Waals surface area contributed by atoms with Crippen LogP contribution in [0.25, 0.3) is 0 Å². The molecule has 1 aromatic carbocycles. The van der Waals surface area contributed by atoms with Crippen molar-refractivity contribution in [1.29, 1.82) is 0 Å². The van der Waals surface area contributed by atoms with Crippen molar-refractivity contribution >= 4 is 11.9 Å². The van der Waals surface area contributed by atoms with Gasteiger partial charge in [-0.15, -0.1) is 0 Å². The number of pyridine rings is 1. The van der Waals surface area contributed by atoms with Crippen LogP contribution in [0, 0.1) is 0 Å². The molecule has 0 aliphatic carbocycles. The fourth-order valence-corrected chi connectivity index (χ4v) is 2.95. The van der Waals surface area contributed by atoms with Crippen molar-refractivity contribution < 1.29 is 33.6 Å². The van der Waals surface area contributed by atoms with Gasteiger partial charge in [-0.1, -0.05) is 32.0 Å². The minimum Gasteiger partial charge on any atom is -0.503 e. The SMILES string of the molecule is CCCOC[C@@H](Oc1ccccc1)[C@H](C)OC(=O)[C@H](CC)NC(=O)c1nccc(OC)c1O. The first-order chi connectivity index (χ1) is 15.9. The van der Waals surface area contributed by atoms with Crippen LogP contribution in [0.4, 0.5) is 0 Å². The quantitative estimate of drug-likeness (QED) is 0.346.